The molecule has 1 aliphatic rings. The number of carbonyl (C=O) groups excluding carboxylic acids is 1. The largest absolute Gasteiger partial charge is 0.493 e. The van der Waals surface area contributed by atoms with Crippen LogP contribution in [0.2, 0.25) is 0 Å². The number of aryl methyl sites for hydroxylation is 1. The van der Waals surface area contributed by atoms with E-state index in [1.165, 1.54) is 5.56 Å². The molecule has 3 aromatic rings. The third-order valence-corrected chi connectivity index (χ3v) is 4.72. The van der Waals surface area contributed by atoms with Crippen molar-refractivity contribution >= 4 is 12.0 Å². The minimum atomic E-state index is 0.311. The number of carbonyl (C=O) groups is 1. The second kappa shape index (κ2) is 11.8. The van der Waals surface area contributed by atoms with Crippen LogP contribution in [0.4, 0.5) is 5.69 Å². The Hall–Kier alpha value is -3.12. The minimum Gasteiger partial charge on any atom is -0.493 e. The standard InChI is InChI=1S/C21H20N2O3.C2H6.CH4O/c1-14-2-5-20(26-14)15-3-4-18-16(7-9-25-21(18)10-15)11-23-19-12-22-8-6-17(19)13-24;2*1-2/h2-6,8,10,12-13,16,23H,7,9,11H2,1H3;1-2H3;2H,1H3. The molecule has 1 aliphatic heterocycles. The zero-order valence-electron chi connectivity index (χ0n) is 18.0. The molecule has 0 aliphatic carbocycles. The van der Waals surface area contributed by atoms with Gasteiger partial charge in [-0.15, -0.1) is 0 Å². The van der Waals surface area contributed by atoms with Gasteiger partial charge in [0.05, 0.1) is 18.5 Å². The lowest BCUT2D eigenvalue weighted by atomic mass is 9.91. The lowest BCUT2D eigenvalue weighted by Crippen LogP contribution is -2.21. The zero-order valence-corrected chi connectivity index (χ0v) is 18.0. The molecule has 1 aromatic carbocycles. The Morgan fingerprint density at radius 1 is 1.20 bits per heavy atom. The Morgan fingerprint density at radius 2 is 2.00 bits per heavy atom. The number of aldehydes is 1. The van der Waals surface area contributed by atoms with Crippen LogP contribution in [0.3, 0.4) is 0 Å². The molecule has 6 nitrogen and oxygen atoms in total. The van der Waals surface area contributed by atoms with Crippen LogP contribution in [-0.4, -0.2) is 36.6 Å². The number of furan rings is 1. The number of pyridine rings is 1. The van der Waals surface area contributed by atoms with E-state index >= 15 is 0 Å². The predicted molar refractivity (Wildman–Crippen MR) is 119 cm³/mol. The van der Waals surface area contributed by atoms with Crippen molar-refractivity contribution in [2.24, 2.45) is 0 Å². The molecule has 0 saturated heterocycles. The average Bonchev–Trinajstić information content (AvgIpc) is 3.26. The summed E-state index contributed by atoms with van der Waals surface area (Å²) in [5.41, 5.74) is 3.57. The molecule has 1 unspecified atom stereocenters. The van der Waals surface area contributed by atoms with Crippen LogP contribution < -0.4 is 10.1 Å². The lowest BCUT2D eigenvalue weighted by Gasteiger charge is -2.27. The Kier molecular flexibility index (Phi) is 9.09. The van der Waals surface area contributed by atoms with E-state index in [9.17, 15) is 4.79 Å². The van der Waals surface area contributed by atoms with Gasteiger partial charge in [0.2, 0.25) is 0 Å². The van der Waals surface area contributed by atoms with Crippen molar-refractivity contribution in [3.63, 3.8) is 0 Å². The Morgan fingerprint density at radius 3 is 2.70 bits per heavy atom. The third kappa shape index (κ3) is 5.48. The monoisotopic (exact) mass is 410 g/mol. The quantitative estimate of drug-likeness (QED) is 0.571. The smallest absolute Gasteiger partial charge is 0.152 e. The fourth-order valence-electron chi connectivity index (χ4n) is 3.31. The van der Waals surface area contributed by atoms with Gasteiger partial charge in [-0.1, -0.05) is 26.0 Å². The summed E-state index contributed by atoms with van der Waals surface area (Å²) in [6.45, 7) is 7.34. The van der Waals surface area contributed by atoms with Gasteiger partial charge in [-0.25, -0.2) is 0 Å². The topological polar surface area (TPSA) is 84.6 Å². The first-order valence-corrected chi connectivity index (χ1v) is 10.2. The number of benzene rings is 1. The van der Waals surface area contributed by atoms with Crippen molar-refractivity contribution < 1.29 is 19.1 Å². The molecule has 0 bridgehead atoms. The normalized spacial score (nSPS) is 14.1. The van der Waals surface area contributed by atoms with Gasteiger partial charge < -0.3 is 19.6 Å². The first kappa shape index (κ1) is 23.2. The molecule has 1 atom stereocenters. The highest BCUT2D eigenvalue weighted by Gasteiger charge is 2.22. The molecular weight excluding hydrogens is 380 g/mol. The molecule has 6 heteroatoms. The van der Waals surface area contributed by atoms with Gasteiger partial charge in [-0.3, -0.25) is 9.78 Å². The Labute approximate surface area is 177 Å². The Bertz CT molecular complexity index is 936. The van der Waals surface area contributed by atoms with E-state index in [0.717, 1.165) is 54.9 Å². The molecular formula is C24H30N2O4. The second-order valence-corrected chi connectivity index (χ2v) is 6.46. The number of anilines is 1. The summed E-state index contributed by atoms with van der Waals surface area (Å²) >= 11 is 0. The predicted octanol–water partition coefficient (Wildman–Crippen LogP) is 5.08. The van der Waals surface area contributed by atoms with Gasteiger partial charge in [0, 0.05) is 36.9 Å². The first-order chi connectivity index (χ1) is 14.7. The highest BCUT2D eigenvalue weighted by molar-refractivity contribution is 5.83. The fraction of sp³-hybridized carbons (Fsp3) is 0.333. The number of aliphatic hydroxyl groups is 1. The summed E-state index contributed by atoms with van der Waals surface area (Å²) in [5, 5.41) is 10.4. The number of aromatic nitrogens is 1. The molecule has 2 N–H and O–H groups in total. The maximum atomic E-state index is 11.2. The Balaban J connectivity index is 0.000000757. The number of fused-ring (bicyclic) bond motifs is 1. The third-order valence-electron chi connectivity index (χ3n) is 4.72. The van der Waals surface area contributed by atoms with Crippen LogP contribution in [0.1, 0.15) is 47.9 Å². The number of hydrogen-bond donors (Lipinski definition) is 2. The van der Waals surface area contributed by atoms with E-state index in [1.807, 2.05) is 39.0 Å². The molecule has 160 valence electrons. The molecule has 3 heterocycles. The highest BCUT2D eigenvalue weighted by Crippen LogP contribution is 2.37. The maximum absolute atomic E-state index is 11.2. The summed E-state index contributed by atoms with van der Waals surface area (Å²) in [4.78, 5) is 15.2. The van der Waals surface area contributed by atoms with Crippen molar-refractivity contribution in [3.8, 4) is 17.1 Å². The summed E-state index contributed by atoms with van der Waals surface area (Å²) in [6.07, 6.45) is 5.08. The number of hydrogen-bond acceptors (Lipinski definition) is 6. The van der Waals surface area contributed by atoms with Crippen molar-refractivity contribution in [2.45, 2.75) is 33.1 Å². The van der Waals surface area contributed by atoms with Crippen molar-refractivity contribution in [2.75, 3.05) is 25.6 Å². The van der Waals surface area contributed by atoms with Crippen LogP contribution in [0.15, 0.2) is 53.2 Å². The molecule has 0 amide bonds. The van der Waals surface area contributed by atoms with Gasteiger partial charge in [0.25, 0.3) is 0 Å². The van der Waals surface area contributed by atoms with E-state index in [1.54, 1.807) is 18.5 Å². The van der Waals surface area contributed by atoms with Gasteiger partial charge in [-0.2, -0.15) is 0 Å². The number of ether oxygens (including phenoxy) is 1. The van der Waals surface area contributed by atoms with E-state index < -0.39 is 0 Å². The van der Waals surface area contributed by atoms with Crippen LogP contribution in [-0.2, 0) is 0 Å². The fourth-order valence-corrected chi connectivity index (χ4v) is 3.31. The summed E-state index contributed by atoms with van der Waals surface area (Å²) in [7, 11) is 1.00. The maximum Gasteiger partial charge on any atom is 0.152 e. The van der Waals surface area contributed by atoms with Crippen LogP contribution in [0, 0.1) is 6.92 Å². The van der Waals surface area contributed by atoms with Gasteiger partial charge in [0.15, 0.2) is 6.29 Å². The van der Waals surface area contributed by atoms with E-state index in [-0.39, 0.29) is 0 Å². The van der Waals surface area contributed by atoms with Gasteiger partial charge >= 0.3 is 0 Å². The number of aliphatic hydroxyl groups excluding tert-OH is 1. The van der Waals surface area contributed by atoms with Crippen molar-refractivity contribution in [1.82, 2.24) is 4.98 Å². The summed E-state index contributed by atoms with van der Waals surface area (Å²) in [5.74, 6) is 2.95. The molecule has 0 fully saturated rings. The van der Waals surface area contributed by atoms with Crippen LogP contribution in [0.25, 0.3) is 11.3 Å². The number of nitrogens with one attached hydrogen (secondary N) is 1. The molecule has 4 rings (SSSR count). The molecule has 0 saturated carbocycles. The number of rotatable bonds is 5. The van der Waals surface area contributed by atoms with Crippen molar-refractivity contribution in [1.29, 1.82) is 0 Å². The SMILES string of the molecule is CC.CO.Cc1ccc(-c2ccc3c(c2)OCCC3CNc2cnccc2C=O)o1. The van der Waals surface area contributed by atoms with E-state index in [0.29, 0.717) is 18.1 Å². The van der Waals surface area contributed by atoms with Gasteiger partial charge in [0.1, 0.15) is 17.3 Å². The van der Waals surface area contributed by atoms with Crippen molar-refractivity contribution in [3.05, 3.63) is 65.7 Å². The highest BCUT2D eigenvalue weighted by atomic mass is 16.5. The van der Waals surface area contributed by atoms with E-state index in [2.05, 4.69) is 22.4 Å². The summed E-state index contributed by atoms with van der Waals surface area (Å²) < 4.78 is 11.6. The zero-order chi connectivity index (χ0) is 21.9. The van der Waals surface area contributed by atoms with Crippen LogP contribution in [0.5, 0.6) is 5.75 Å². The molecule has 2 aromatic heterocycles. The van der Waals surface area contributed by atoms with Gasteiger partial charge in [-0.05, 0) is 43.2 Å². The number of nitrogens with zero attached hydrogens (tertiary/aromatic N) is 1. The lowest BCUT2D eigenvalue weighted by molar-refractivity contribution is 0.112. The average molecular weight is 411 g/mol. The summed E-state index contributed by atoms with van der Waals surface area (Å²) in [6, 6.07) is 11.9. The molecule has 30 heavy (non-hydrogen) atoms. The molecule has 0 radical (unpaired) electrons. The molecule has 0 spiro atoms. The second-order valence-electron chi connectivity index (χ2n) is 6.46. The van der Waals surface area contributed by atoms with Crippen LogP contribution >= 0.6 is 0 Å². The first-order valence-electron chi connectivity index (χ1n) is 10.2. The minimum absolute atomic E-state index is 0.311. The van der Waals surface area contributed by atoms with E-state index in [4.69, 9.17) is 14.3 Å².